The Kier molecular flexibility index (Phi) is 8.49. The van der Waals surface area contributed by atoms with Gasteiger partial charge in [0, 0.05) is 5.56 Å². The molecule has 0 atom stereocenters. The van der Waals surface area contributed by atoms with E-state index in [1.165, 1.54) is 31.2 Å². The number of rotatable bonds is 9. The van der Waals surface area contributed by atoms with Gasteiger partial charge in [-0.1, -0.05) is 85.8 Å². The summed E-state index contributed by atoms with van der Waals surface area (Å²) in [6.07, 6.45) is 12.2. The fourth-order valence-electron chi connectivity index (χ4n) is 4.82. The molecule has 3 aromatic rings. The zero-order valence-corrected chi connectivity index (χ0v) is 20.2. The van der Waals surface area contributed by atoms with Gasteiger partial charge in [-0.3, -0.25) is 0 Å². The summed E-state index contributed by atoms with van der Waals surface area (Å²) < 4.78 is 20.7. The summed E-state index contributed by atoms with van der Waals surface area (Å²) in [4.78, 5) is 0. The lowest BCUT2D eigenvalue weighted by Gasteiger charge is -2.27. The van der Waals surface area contributed by atoms with Crippen molar-refractivity contribution in [2.45, 2.75) is 51.6 Å². The number of hydrogen-bond donors (Lipinski definition) is 0. The summed E-state index contributed by atoms with van der Waals surface area (Å²) in [6, 6.07) is 22.2. The normalized spacial score (nSPS) is 18.3. The van der Waals surface area contributed by atoms with Crippen LogP contribution in [0.2, 0.25) is 0 Å². The lowest BCUT2D eigenvalue weighted by atomic mass is 9.78. The molecular formula is C32H35FO. The van der Waals surface area contributed by atoms with Crippen LogP contribution in [-0.2, 0) is 11.3 Å². The minimum absolute atomic E-state index is 0.196. The molecule has 2 heteroatoms. The Morgan fingerprint density at radius 1 is 0.853 bits per heavy atom. The Morgan fingerprint density at radius 3 is 2.18 bits per heavy atom. The summed E-state index contributed by atoms with van der Waals surface area (Å²) in [5, 5.41) is 0. The predicted octanol–water partition coefficient (Wildman–Crippen LogP) is 9.10. The molecule has 1 saturated carbocycles. The predicted molar refractivity (Wildman–Crippen MR) is 141 cm³/mol. The third-order valence-corrected chi connectivity index (χ3v) is 6.94. The SMILES string of the molecule is C=CC1CCC(c2ccc(-c3ccc(-c4ccc(COC/C=C/CC)cc4)c(F)c3)cc2)CC1. The van der Waals surface area contributed by atoms with E-state index in [2.05, 4.69) is 49.9 Å². The first-order valence-electron chi connectivity index (χ1n) is 12.5. The van der Waals surface area contributed by atoms with Gasteiger partial charge in [-0.2, -0.15) is 0 Å². The van der Waals surface area contributed by atoms with E-state index < -0.39 is 0 Å². The fraction of sp³-hybridized carbons (Fsp3) is 0.312. The molecule has 0 N–H and O–H groups in total. The average molecular weight is 455 g/mol. The van der Waals surface area contributed by atoms with Crippen molar-refractivity contribution in [3.63, 3.8) is 0 Å². The van der Waals surface area contributed by atoms with Crippen LogP contribution in [0.25, 0.3) is 22.3 Å². The molecule has 0 heterocycles. The summed E-state index contributed by atoms with van der Waals surface area (Å²) in [5.74, 6) is 1.11. The molecule has 0 saturated heterocycles. The van der Waals surface area contributed by atoms with Crippen LogP contribution in [0.5, 0.6) is 0 Å². The molecule has 0 radical (unpaired) electrons. The first-order chi connectivity index (χ1) is 16.7. The largest absolute Gasteiger partial charge is 0.373 e. The lowest BCUT2D eigenvalue weighted by molar-refractivity contribution is 0.148. The van der Waals surface area contributed by atoms with Crippen LogP contribution in [0.1, 0.15) is 56.1 Å². The van der Waals surface area contributed by atoms with Gasteiger partial charge in [0.05, 0.1) is 13.2 Å². The van der Waals surface area contributed by atoms with E-state index in [1.54, 1.807) is 6.07 Å². The second kappa shape index (κ2) is 11.9. The van der Waals surface area contributed by atoms with E-state index in [-0.39, 0.29) is 5.82 Å². The van der Waals surface area contributed by atoms with Crippen molar-refractivity contribution >= 4 is 0 Å². The molecule has 1 aliphatic carbocycles. The minimum Gasteiger partial charge on any atom is -0.373 e. The van der Waals surface area contributed by atoms with Gasteiger partial charge in [0.25, 0.3) is 0 Å². The summed E-state index contributed by atoms with van der Waals surface area (Å²) in [6.45, 7) is 7.22. The van der Waals surface area contributed by atoms with Crippen molar-refractivity contribution in [2.75, 3.05) is 6.61 Å². The van der Waals surface area contributed by atoms with Crippen LogP contribution >= 0.6 is 0 Å². The third kappa shape index (κ3) is 6.12. The van der Waals surface area contributed by atoms with E-state index in [1.807, 2.05) is 42.5 Å². The molecule has 0 unspecified atom stereocenters. The first kappa shape index (κ1) is 24.2. The number of halogens is 1. The van der Waals surface area contributed by atoms with Crippen molar-refractivity contribution in [2.24, 2.45) is 5.92 Å². The van der Waals surface area contributed by atoms with Crippen molar-refractivity contribution < 1.29 is 9.13 Å². The fourth-order valence-corrected chi connectivity index (χ4v) is 4.82. The maximum atomic E-state index is 15.0. The van der Waals surface area contributed by atoms with Gasteiger partial charge in [-0.25, -0.2) is 4.39 Å². The number of ether oxygens (including phenoxy) is 1. The van der Waals surface area contributed by atoms with Gasteiger partial charge in [0.15, 0.2) is 0 Å². The maximum absolute atomic E-state index is 15.0. The highest BCUT2D eigenvalue weighted by molar-refractivity contribution is 5.71. The smallest absolute Gasteiger partial charge is 0.131 e. The average Bonchev–Trinajstić information content (AvgIpc) is 2.89. The van der Waals surface area contributed by atoms with Crippen molar-refractivity contribution in [1.82, 2.24) is 0 Å². The Bertz CT molecular complexity index is 1090. The first-order valence-corrected chi connectivity index (χ1v) is 12.5. The van der Waals surface area contributed by atoms with Crippen LogP contribution in [-0.4, -0.2) is 6.61 Å². The summed E-state index contributed by atoms with van der Waals surface area (Å²) in [5.41, 5.74) is 5.95. The Morgan fingerprint density at radius 2 is 1.53 bits per heavy atom. The van der Waals surface area contributed by atoms with Gasteiger partial charge < -0.3 is 4.74 Å². The summed E-state index contributed by atoms with van der Waals surface area (Å²) in [7, 11) is 0. The highest BCUT2D eigenvalue weighted by Gasteiger charge is 2.20. The molecule has 0 aliphatic heterocycles. The molecule has 4 rings (SSSR count). The molecule has 1 fully saturated rings. The van der Waals surface area contributed by atoms with Crippen LogP contribution in [0.4, 0.5) is 4.39 Å². The zero-order valence-electron chi connectivity index (χ0n) is 20.2. The standard InChI is InChI=1S/C32H35FO/c1-3-5-6-21-34-23-25-9-13-29(14-10-25)31-20-19-30(22-32(31)33)28-17-15-27(16-18-28)26-11-7-24(4-2)8-12-26/h4-6,9-10,13-20,22,24,26H,2-3,7-8,11-12,21,23H2,1H3/b6-5+. The second-order valence-electron chi connectivity index (χ2n) is 9.26. The second-order valence-corrected chi connectivity index (χ2v) is 9.26. The molecule has 1 aliphatic rings. The van der Waals surface area contributed by atoms with Crippen molar-refractivity contribution in [3.8, 4) is 22.3 Å². The topological polar surface area (TPSA) is 9.23 Å². The highest BCUT2D eigenvalue weighted by atomic mass is 19.1. The van der Waals surface area contributed by atoms with E-state index in [9.17, 15) is 0 Å². The summed E-state index contributed by atoms with van der Waals surface area (Å²) >= 11 is 0. The van der Waals surface area contributed by atoms with Gasteiger partial charge in [0.1, 0.15) is 5.82 Å². The maximum Gasteiger partial charge on any atom is 0.131 e. The Hall–Kier alpha value is -2.97. The molecule has 0 spiro atoms. The quantitative estimate of drug-likeness (QED) is 0.231. The molecule has 0 amide bonds. The molecular weight excluding hydrogens is 419 g/mol. The number of allylic oxidation sites excluding steroid dienone is 2. The van der Waals surface area contributed by atoms with Gasteiger partial charge in [-0.15, -0.1) is 6.58 Å². The lowest BCUT2D eigenvalue weighted by Crippen LogP contribution is -2.11. The molecule has 34 heavy (non-hydrogen) atoms. The van der Waals surface area contributed by atoms with Crippen LogP contribution in [0.15, 0.2) is 91.5 Å². The molecule has 3 aromatic carbocycles. The monoisotopic (exact) mass is 454 g/mol. The van der Waals surface area contributed by atoms with E-state index in [0.29, 0.717) is 30.6 Å². The van der Waals surface area contributed by atoms with E-state index in [0.717, 1.165) is 28.7 Å². The number of benzene rings is 3. The van der Waals surface area contributed by atoms with E-state index >= 15 is 4.39 Å². The van der Waals surface area contributed by atoms with Crippen molar-refractivity contribution in [1.29, 1.82) is 0 Å². The van der Waals surface area contributed by atoms with Gasteiger partial charge in [-0.05, 0) is 77.8 Å². The van der Waals surface area contributed by atoms with Crippen molar-refractivity contribution in [3.05, 3.63) is 108 Å². The molecule has 176 valence electrons. The minimum atomic E-state index is -0.196. The Balaban J connectivity index is 1.40. The molecule has 0 aromatic heterocycles. The third-order valence-electron chi connectivity index (χ3n) is 6.94. The molecule has 0 bridgehead atoms. The van der Waals surface area contributed by atoms with Gasteiger partial charge >= 0.3 is 0 Å². The van der Waals surface area contributed by atoms with Crippen LogP contribution < -0.4 is 0 Å². The van der Waals surface area contributed by atoms with Crippen LogP contribution in [0, 0.1) is 11.7 Å². The van der Waals surface area contributed by atoms with Crippen LogP contribution in [0.3, 0.4) is 0 Å². The Labute approximate surface area is 204 Å². The zero-order chi connectivity index (χ0) is 23.8. The van der Waals surface area contributed by atoms with Gasteiger partial charge in [0.2, 0.25) is 0 Å². The number of hydrogen-bond acceptors (Lipinski definition) is 1. The highest BCUT2D eigenvalue weighted by Crippen LogP contribution is 2.37. The van der Waals surface area contributed by atoms with E-state index in [4.69, 9.17) is 4.74 Å². The molecule has 1 nitrogen and oxygen atoms in total.